The van der Waals surface area contributed by atoms with E-state index in [0.29, 0.717) is 0 Å². The lowest BCUT2D eigenvalue weighted by Gasteiger charge is -2.29. The molecule has 0 saturated heterocycles. The van der Waals surface area contributed by atoms with Gasteiger partial charge in [-0.1, -0.05) is 38.1 Å². The minimum absolute atomic E-state index is 0.282. The van der Waals surface area contributed by atoms with E-state index in [1.54, 1.807) is 11.3 Å². The van der Waals surface area contributed by atoms with E-state index in [0.717, 1.165) is 52.3 Å². The minimum atomic E-state index is 0.282. The molecule has 1 aliphatic rings. The zero-order valence-corrected chi connectivity index (χ0v) is 18.0. The van der Waals surface area contributed by atoms with Gasteiger partial charge >= 0.3 is 0 Å². The Bertz CT molecular complexity index is 985. The lowest BCUT2D eigenvalue weighted by Crippen LogP contribution is -2.21. The van der Waals surface area contributed by atoms with Crippen molar-refractivity contribution < 1.29 is 4.79 Å². The first-order valence-corrected chi connectivity index (χ1v) is 10.9. The van der Waals surface area contributed by atoms with Gasteiger partial charge in [0.2, 0.25) is 0 Å². The van der Waals surface area contributed by atoms with Crippen molar-refractivity contribution in [3.63, 3.8) is 0 Å². The van der Waals surface area contributed by atoms with E-state index in [1.165, 1.54) is 22.4 Å². The van der Waals surface area contributed by atoms with Crippen molar-refractivity contribution in [1.29, 1.82) is 0 Å². The SMILES string of the molecule is CC1(C)CCc2sc(-c3ccc(CNc4ccc(S)cc4)cc3)c(C=O)c2C1. The fourth-order valence-corrected chi connectivity index (χ4v) is 5.28. The monoisotopic (exact) mass is 407 g/mol. The first-order chi connectivity index (χ1) is 13.4. The highest BCUT2D eigenvalue weighted by Crippen LogP contribution is 2.44. The number of fused-ring (bicyclic) bond motifs is 1. The zero-order chi connectivity index (χ0) is 19.7. The van der Waals surface area contributed by atoms with Crippen LogP contribution in [0.3, 0.4) is 0 Å². The van der Waals surface area contributed by atoms with Crippen molar-refractivity contribution in [2.24, 2.45) is 5.41 Å². The second kappa shape index (κ2) is 7.76. The molecule has 1 aliphatic carbocycles. The van der Waals surface area contributed by atoms with Gasteiger partial charge in [0.05, 0.1) is 0 Å². The molecule has 0 bridgehead atoms. The van der Waals surface area contributed by atoms with Gasteiger partial charge in [0.25, 0.3) is 0 Å². The number of carbonyl (C=O) groups excluding carboxylic acids is 1. The molecule has 0 unspecified atom stereocenters. The average Bonchev–Trinajstić information content (AvgIpc) is 3.04. The Balaban J connectivity index is 1.53. The highest BCUT2D eigenvalue weighted by molar-refractivity contribution is 7.80. The van der Waals surface area contributed by atoms with Gasteiger partial charge in [-0.2, -0.15) is 0 Å². The minimum Gasteiger partial charge on any atom is -0.381 e. The topological polar surface area (TPSA) is 29.1 Å². The summed E-state index contributed by atoms with van der Waals surface area (Å²) in [5.74, 6) is 0. The smallest absolute Gasteiger partial charge is 0.151 e. The fraction of sp³-hybridized carbons (Fsp3) is 0.292. The van der Waals surface area contributed by atoms with Crippen molar-refractivity contribution in [3.05, 3.63) is 70.1 Å². The summed E-state index contributed by atoms with van der Waals surface area (Å²) in [6.45, 7) is 5.36. The molecule has 1 N–H and O–H groups in total. The summed E-state index contributed by atoms with van der Waals surface area (Å²) < 4.78 is 0. The number of thiophene rings is 1. The van der Waals surface area contributed by atoms with Gasteiger partial charge in [-0.3, -0.25) is 4.79 Å². The van der Waals surface area contributed by atoms with Crippen molar-refractivity contribution in [1.82, 2.24) is 0 Å². The van der Waals surface area contributed by atoms with Crippen LogP contribution in [-0.4, -0.2) is 6.29 Å². The maximum atomic E-state index is 11.9. The molecule has 28 heavy (non-hydrogen) atoms. The summed E-state index contributed by atoms with van der Waals surface area (Å²) in [6, 6.07) is 16.6. The molecular weight excluding hydrogens is 382 g/mol. The second-order valence-corrected chi connectivity index (χ2v) is 9.92. The molecule has 4 rings (SSSR count). The quantitative estimate of drug-likeness (QED) is 0.366. The van der Waals surface area contributed by atoms with Gasteiger partial charge in [-0.25, -0.2) is 0 Å². The molecule has 2 nitrogen and oxygen atoms in total. The molecule has 0 amide bonds. The number of rotatable bonds is 5. The molecule has 0 spiro atoms. The third kappa shape index (κ3) is 4.03. The highest BCUT2D eigenvalue weighted by Gasteiger charge is 2.30. The van der Waals surface area contributed by atoms with Crippen molar-refractivity contribution in [2.75, 3.05) is 5.32 Å². The van der Waals surface area contributed by atoms with Gasteiger partial charge in [-0.05, 0) is 65.6 Å². The Morgan fingerprint density at radius 1 is 1.11 bits per heavy atom. The molecule has 1 aromatic heterocycles. The molecule has 0 saturated carbocycles. The van der Waals surface area contributed by atoms with Crippen LogP contribution >= 0.6 is 24.0 Å². The molecule has 0 radical (unpaired) electrons. The highest BCUT2D eigenvalue weighted by atomic mass is 32.1. The van der Waals surface area contributed by atoms with Gasteiger partial charge in [0, 0.05) is 32.4 Å². The fourth-order valence-electron chi connectivity index (χ4n) is 3.84. The average molecular weight is 408 g/mol. The molecule has 0 atom stereocenters. The predicted octanol–water partition coefficient (Wildman–Crippen LogP) is 6.64. The Kier molecular flexibility index (Phi) is 5.35. The van der Waals surface area contributed by atoms with E-state index in [-0.39, 0.29) is 5.41 Å². The Hall–Kier alpha value is -2.04. The van der Waals surface area contributed by atoms with Crippen LogP contribution in [0.25, 0.3) is 10.4 Å². The van der Waals surface area contributed by atoms with Crippen LogP contribution in [0.5, 0.6) is 0 Å². The maximum absolute atomic E-state index is 11.9. The Labute approximate surface area is 176 Å². The summed E-state index contributed by atoms with van der Waals surface area (Å²) in [7, 11) is 0. The van der Waals surface area contributed by atoms with Crippen LogP contribution in [0.15, 0.2) is 53.4 Å². The largest absolute Gasteiger partial charge is 0.381 e. The molecule has 4 heteroatoms. The molecule has 3 aromatic rings. The standard InChI is InChI=1S/C24H25NOS2/c1-24(2)12-11-22-20(13-24)21(15-26)23(28-22)17-5-3-16(4-6-17)14-25-18-7-9-19(27)10-8-18/h3-10,15,25,27H,11-14H2,1-2H3. The summed E-state index contributed by atoms with van der Waals surface area (Å²) in [5.41, 5.74) is 5.91. The number of nitrogens with one attached hydrogen (secondary N) is 1. The van der Waals surface area contributed by atoms with Crippen LogP contribution in [0, 0.1) is 5.41 Å². The van der Waals surface area contributed by atoms with E-state index in [1.807, 2.05) is 24.3 Å². The number of benzene rings is 2. The van der Waals surface area contributed by atoms with E-state index in [9.17, 15) is 4.79 Å². The Morgan fingerprint density at radius 2 is 1.82 bits per heavy atom. The normalized spacial score (nSPS) is 15.1. The third-order valence-electron chi connectivity index (χ3n) is 5.51. The van der Waals surface area contributed by atoms with Gasteiger partial charge < -0.3 is 5.32 Å². The number of aryl methyl sites for hydroxylation is 1. The van der Waals surface area contributed by atoms with Crippen molar-refractivity contribution in [3.8, 4) is 10.4 Å². The number of hydrogen-bond acceptors (Lipinski definition) is 4. The zero-order valence-electron chi connectivity index (χ0n) is 16.3. The maximum Gasteiger partial charge on any atom is 0.151 e. The number of hydrogen-bond donors (Lipinski definition) is 2. The molecule has 0 aliphatic heterocycles. The van der Waals surface area contributed by atoms with E-state index < -0.39 is 0 Å². The first-order valence-electron chi connectivity index (χ1n) is 9.67. The predicted molar refractivity (Wildman–Crippen MR) is 122 cm³/mol. The van der Waals surface area contributed by atoms with Crippen LogP contribution in [0.1, 0.15) is 46.6 Å². The summed E-state index contributed by atoms with van der Waals surface area (Å²) in [6.07, 6.45) is 4.34. The summed E-state index contributed by atoms with van der Waals surface area (Å²) in [5, 5.41) is 3.43. The molecule has 2 aromatic carbocycles. The molecule has 1 heterocycles. The van der Waals surface area contributed by atoms with Crippen LogP contribution in [0.4, 0.5) is 5.69 Å². The third-order valence-corrected chi connectivity index (χ3v) is 7.17. The molecule has 0 fully saturated rings. The van der Waals surface area contributed by atoms with Gasteiger partial charge in [-0.15, -0.1) is 24.0 Å². The molecular formula is C24H25NOS2. The van der Waals surface area contributed by atoms with Crippen LogP contribution < -0.4 is 5.32 Å². The lowest BCUT2D eigenvalue weighted by molar-refractivity contribution is 0.112. The van der Waals surface area contributed by atoms with Crippen LogP contribution in [-0.2, 0) is 19.4 Å². The van der Waals surface area contributed by atoms with E-state index in [2.05, 4.69) is 56.1 Å². The number of aldehydes is 1. The Morgan fingerprint density at radius 3 is 2.50 bits per heavy atom. The molecule has 144 valence electrons. The van der Waals surface area contributed by atoms with Gasteiger partial charge in [0.1, 0.15) is 0 Å². The van der Waals surface area contributed by atoms with Gasteiger partial charge in [0.15, 0.2) is 6.29 Å². The van der Waals surface area contributed by atoms with E-state index >= 15 is 0 Å². The lowest BCUT2D eigenvalue weighted by atomic mass is 9.76. The first kappa shape index (κ1) is 19.3. The second-order valence-electron chi connectivity index (χ2n) is 8.30. The van der Waals surface area contributed by atoms with Crippen molar-refractivity contribution >= 4 is 35.9 Å². The van der Waals surface area contributed by atoms with Crippen LogP contribution in [0.2, 0.25) is 0 Å². The van der Waals surface area contributed by atoms with E-state index in [4.69, 9.17) is 0 Å². The number of carbonyl (C=O) groups is 1. The summed E-state index contributed by atoms with van der Waals surface area (Å²) in [4.78, 5) is 15.4. The van der Waals surface area contributed by atoms with Crippen molar-refractivity contribution in [2.45, 2.75) is 44.6 Å². The summed E-state index contributed by atoms with van der Waals surface area (Å²) >= 11 is 6.12. The number of anilines is 1. The number of thiol groups is 1.